The van der Waals surface area contributed by atoms with Crippen molar-refractivity contribution in [1.29, 1.82) is 0 Å². The van der Waals surface area contributed by atoms with Gasteiger partial charge >= 0.3 is 6.09 Å². The predicted molar refractivity (Wildman–Crippen MR) is 53.2 cm³/mol. The van der Waals surface area contributed by atoms with Crippen LogP contribution in [-0.4, -0.2) is 6.09 Å². The van der Waals surface area contributed by atoms with E-state index in [9.17, 15) is 9.18 Å². The first kappa shape index (κ1) is 9.96. The largest absolute Gasteiger partial charge is 0.410 e. The van der Waals surface area contributed by atoms with E-state index in [1.54, 1.807) is 6.07 Å². The molecule has 0 bridgehead atoms. The number of carbonyl (C=O) groups excluding carboxylic acids is 1. The number of benzene rings is 1. The highest BCUT2D eigenvalue weighted by Gasteiger charge is 2.20. The molecule has 1 aliphatic carbocycles. The Kier molecular flexibility index (Phi) is 2.58. The summed E-state index contributed by atoms with van der Waals surface area (Å²) in [7, 11) is 0. The molecule has 1 amide bonds. The Balaban J connectivity index is 2.18. The number of primary amides is 1. The molecule has 0 heterocycles. The fraction of sp³-hybridized carbons (Fsp3) is 0.364. The summed E-state index contributed by atoms with van der Waals surface area (Å²) < 4.78 is 17.9. The van der Waals surface area contributed by atoms with E-state index in [2.05, 4.69) is 4.74 Å². The molecule has 4 heteroatoms. The zero-order valence-corrected chi connectivity index (χ0v) is 8.20. The van der Waals surface area contributed by atoms with Gasteiger partial charge in [0.05, 0.1) is 0 Å². The Morgan fingerprint density at radius 3 is 2.67 bits per heavy atom. The van der Waals surface area contributed by atoms with E-state index >= 15 is 0 Å². The number of rotatable bonds is 2. The van der Waals surface area contributed by atoms with Gasteiger partial charge in [0.15, 0.2) is 11.6 Å². The lowest BCUT2D eigenvalue weighted by molar-refractivity contribution is 0.208. The lowest BCUT2D eigenvalue weighted by atomic mass is 9.80. The second-order valence-corrected chi connectivity index (χ2v) is 3.74. The summed E-state index contributed by atoms with van der Waals surface area (Å²) in [5.74, 6) is -0.175. The standard InChI is InChI=1S/C11H12FNO2/c12-9-6-8(7-2-1-3-7)4-5-10(9)15-11(13)14/h4-7H,1-3H2,(H2,13,14). The van der Waals surface area contributed by atoms with Crippen LogP contribution in [0.4, 0.5) is 9.18 Å². The molecule has 0 radical (unpaired) electrons. The summed E-state index contributed by atoms with van der Waals surface area (Å²) in [6.45, 7) is 0. The normalized spacial score (nSPS) is 15.8. The summed E-state index contributed by atoms with van der Waals surface area (Å²) in [6.07, 6.45) is 2.42. The fourth-order valence-corrected chi connectivity index (χ4v) is 1.70. The molecule has 3 nitrogen and oxygen atoms in total. The lowest BCUT2D eigenvalue weighted by Gasteiger charge is -2.25. The van der Waals surface area contributed by atoms with Gasteiger partial charge in [-0.1, -0.05) is 12.5 Å². The third-order valence-electron chi connectivity index (χ3n) is 2.74. The number of halogens is 1. The molecule has 0 aliphatic heterocycles. The van der Waals surface area contributed by atoms with Crippen LogP contribution >= 0.6 is 0 Å². The van der Waals surface area contributed by atoms with Crippen LogP contribution in [0.15, 0.2) is 18.2 Å². The van der Waals surface area contributed by atoms with Gasteiger partial charge in [0.1, 0.15) is 0 Å². The van der Waals surface area contributed by atoms with Gasteiger partial charge in [-0.3, -0.25) is 0 Å². The molecule has 0 spiro atoms. The summed E-state index contributed by atoms with van der Waals surface area (Å²) in [6, 6.07) is 4.65. The molecular weight excluding hydrogens is 197 g/mol. The zero-order chi connectivity index (χ0) is 10.8. The monoisotopic (exact) mass is 209 g/mol. The third-order valence-corrected chi connectivity index (χ3v) is 2.74. The molecule has 1 aliphatic rings. The maximum absolute atomic E-state index is 13.4. The average Bonchev–Trinajstić information content (AvgIpc) is 2.06. The van der Waals surface area contributed by atoms with Gasteiger partial charge in [0.2, 0.25) is 0 Å². The van der Waals surface area contributed by atoms with Crippen LogP contribution in [0.5, 0.6) is 5.75 Å². The van der Waals surface area contributed by atoms with E-state index in [0.717, 1.165) is 18.4 Å². The number of ether oxygens (including phenoxy) is 1. The van der Waals surface area contributed by atoms with Crippen molar-refractivity contribution < 1.29 is 13.9 Å². The van der Waals surface area contributed by atoms with Crippen LogP contribution in [0, 0.1) is 5.82 Å². The Morgan fingerprint density at radius 1 is 1.47 bits per heavy atom. The summed E-state index contributed by atoms with van der Waals surface area (Å²) in [5, 5.41) is 0. The number of nitrogens with two attached hydrogens (primary N) is 1. The number of carbonyl (C=O) groups is 1. The van der Waals surface area contributed by atoms with E-state index in [1.807, 2.05) is 0 Å². The van der Waals surface area contributed by atoms with E-state index in [1.165, 1.54) is 18.6 Å². The molecule has 80 valence electrons. The highest BCUT2D eigenvalue weighted by molar-refractivity contribution is 5.68. The van der Waals surface area contributed by atoms with Crippen LogP contribution in [0.3, 0.4) is 0 Å². The Hall–Kier alpha value is -1.58. The molecule has 0 saturated heterocycles. The molecular formula is C11H12FNO2. The van der Waals surface area contributed by atoms with Gasteiger partial charge in [-0.2, -0.15) is 0 Å². The van der Waals surface area contributed by atoms with Crippen molar-refractivity contribution in [3.8, 4) is 5.75 Å². The minimum atomic E-state index is -0.995. The number of hydrogen-bond donors (Lipinski definition) is 1. The Morgan fingerprint density at radius 2 is 2.20 bits per heavy atom. The van der Waals surface area contributed by atoms with Crippen molar-refractivity contribution in [2.75, 3.05) is 0 Å². The first-order chi connectivity index (χ1) is 7.16. The van der Waals surface area contributed by atoms with E-state index < -0.39 is 11.9 Å². The zero-order valence-electron chi connectivity index (χ0n) is 8.20. The Labute approximate surface area is 87.0 Å². The first-order valence-electron chi connectivity index (χ1n) is 4.93. The van der Waals surface area contributed by atoms with Gasteiger partial charge in [-0.15, -0.1) is 0 Å². The molecule has 0 atom stereocenters. The minimum Gasteiger partial charge on any atom is -0.407 e. The third kappa shape index (κ3) is 2.09. The SMILES string of the molecule is NC(=O)Oc1ccc(C2CCC2)cc1F. The molecule has 1 saturated carbocycles. The molecule has 1 fully saturated rings. The molecule has 15 heavy (non-hydrogen) atoms. The van der Waals surface area contributed by atoms with Crippen molar-refractivity contribution in [2.45, 2.75) is 25.2 Å². The van der Waals surface area contributed by atoms with Crippen molar-refractivity contribution >= 4 is 6.09 Å². The van der Waals surface area contributed by atoms with Crippen LogP contribution in [-0.2, 0) is 0 Å². The second-order valence-electron chi connectivity index (χ2n) is 3.74. The summed E-state index contributed by atoms with van der Waals surface area (Å²) >= 11 is 0. The summed E-state index contributed by atoms with van der Waals surface area (Å²) in [5.41, 5.74) is 5.77. The molecule has 0 aromatic heterocycles. The second kappa shape index (κ2) is 3.88. The van der Waals surface area contributed by atoms with Crippen LogP contribution < -0.4 is 10.5 Å². The fourth-order valence-electron chi connectivity index (χ4n) is 1.70. The topological polar surface area (TPSA) is 52.3 Å². The first-order valence-corrected chi connectivity index (χ1v) is 4.93. The summed E-state index contributed by atoms with van der Waals surface area (Å²) in [4.78, 5) is 10.4. The molecule has 2 rings (SSSR count). The molecule has 1 aromatic rings. The van der Waals surface area contributed by atoms with Crippen LogP contribution in [0.2, 0.25) is 0 Å². The predicted octanol–water partition coefficient (Wildman–Crippen LogP) is 2.55. The highest BCUT2D eigenvalue weighted by Crippen LogP contribution is 2.37. The maximum Gasteiger partial charge on any atom is 0.410 e. The van der Waals surface area contributed by atoms with Crippen molar-refractivity contribution in [1.82, 2.24) is 0 Å². The van der Waals surface area contributed by atoms with Gasteiger partial charge < -0.3 is 10.5 Å². The molecule has 2 N–H and O–H groups in total. The van der Waals surface area contributed by atoms with E-state index in [4.69, 9.17) is 5.73 Å². The molecule has 1 aromatic carbocycles. The van der Waals surface area contributed by atoms with Gasteiger partial charge in [-0.25, -0.2) is 9.18 Å². The quantitative estimate of drug-likeness (QED) is 0.813. The maximum atomic E-state index is 13.4. The highest BCUT2D eigenvalue weighted by atomic mass is 19.1. The van der Waals surface area contributed by atoms with Gasteiger partial charge in [0, 0.05) is 0 Å². The smallest absolute Gasteiger partial charge is 0.407 e. The van der Waals surface area contributed by atoms with Gasteiger partial charge in [0.25, 0.3) is 0 Å². The van der Waals surface area contributed by atoms with Crippen molar-refractivity contribution in [2.24, 2.45) is 5.73 Å². The van der Waals surface area contributed by atoms with Crippen LogP contribution in [0.25, 0.3) is 0 Å². The van der Waals surface area contributed by atoms with E-state index in [-0.39, 0.29) is 5.75 Å². The number of hydrogen-bond acceptors (Lipinski definition) is 2. The Bertz CT molecular complexity index is 388. The van der Waals surface area contributed by atoms with Crippen molar-refractivity contribution in [3.05, 3.63) is 29.6 Å². The lowest BCUT2D eigenvalue weighted by Crippen LogP contribution is -2.17. The van der Waals surface area contributed by atoms with Gasteiger partial charge in [-0.05, 0) is 36.5 Å². The molecule has 0 unspecified atom stereocenters. The van der Waals surface area contributed by atoms with Crippen molar-refractivity contribution in [3.63, 3.8) is 0 Å². The average molecular weight is 209 g/mol. The number of amides is 1. The van der Waals surface area contributed by atoms with Crippen LogP contribution in [0.1, 0.15) is 30.7 Å². The minimum absolute atomic E-state index is 0.106. The van der Waals surface area contributed by atoms with E-state index in [0.29, 0.717) is 5.92 Å².